The molecule has 0 aliphatic rings. The van der Waals surface area contributed by atoms with E-state index < -0.39 is 0 Å². The SMILES string of the molecule is COCCC[N+](CCOC)(CCOC)CCOC.[I-]. The van der Waals surface area contributed by atoms with Gasteiger partial charge in [0.2, 0.25) is 0 Å². The Kier molecular flexibility index (Phi) is 17.1. The number of halogens is 1. The average molecular weight is 391 g/mol. The molecule has 0 aliphatic carbocycles. The number of nitrogens with zero attached hydrogens (tertiary/aromatic N) is 1. The lowest BCUT2D eigenvalue weighted by molar-refractivity contribution is -0.929. The van der Waals surface area contributed by atoms with Crippen LogP contribution < -0.4 is 24.0 Å². The first-order valence-electron chi connectivity index (χ1n) is 6.55. The smallest absolute Gasteiger partial charge is 0.103 e. The first kappa shape index (κ1) is 21.8. The Hall–Kier alpha value is 0.530. The van der Waals surface area contributed by atoms with E-state index in [-0.39, 0.29) is 24.0 Å². The van der Waals surface area contributed by atoms with Crippen LogP contribution in [-0.4, -0.2) is 85.5 Å². The summed E-state index contributed by atoms with van der Waals surface area (Å²) in [6, 6.07) is 0. The second-order valence-corrected chi connectivity index (χ2v) is 4.56. The Bertz CT molecular complexity index is 162. The van der Waals surface area contributed by atoms with E-state index in [0.29, 0.717) is 0 Å². The van der Waals surface area contributed by atoms with Crippen LogP contribution in [0, 0.1) is 0 Å². The van der Waals surface area contributed by atoms with Gasteiger partial charge in [0, 0.05) is 34.9 Å². The van der Waals surface area contributed by atoms with Crippen LogP contribution in [0.15, 0.2) is 0 Å². The van der Waals surface area contributed by atoms with Gasteiger partial charge in [-0.15, -0.1) is 0 Å². The topological polar surface area (TPSA) is 36.9 Å². The van der Waals surface area contributed by atoms with Crippen molar-refractivity contribution >= 4 is 0 Å². The summed E-state index contributed by atoms with van der Waals surface area (Å²) >= 11 is 0. The zero-order chi connectivity index (χ0) is 13.7. The van der Waals surface area contributed by atoms with Crippen LogP contribution in [0.25, 0.3) is 0 Å². The van der Waals surface area contributed by atoms with E-state index in [1.165, 1.54) is 0 Å². The van der Waals surface area contributed by atoms with Gasteiger partial charge >= 0.3 is 0 Å². The average Bonchev–Trinajstić information content (AvgIpc) is 2.40. The van der Waals surface area contributed by atoms with Crippen molar-refractivity contribution in [1.82, 2.24) is 0 Å². The zero-order valence-corrected chi connectivity index (χ0v) is 15.0. The molecule has 0 bridgehead atoms. The second kappa shape index (κ2) is 14.9. The van der Waals surface area contributed by atoms with Crippen molar-refractivity contribution in [3.05, 3.63) is 0 Å². The Labute approximate surface area is 135 Å². The molecule has 0 atom stereocenters. The molecule has 0 saturated carbocycles. The molecule has 0 fully saturated rings. The van der Waals surface area contributed by atoms with E-state index in [2.05, 4.69) is 0 Å². The van der Waals surface area contributed by atoms with E-state index in [1.807, 2.05) is 0 Å². The minimum absolute atomic E-state index is 0. The van der Waals surface area contributed by atoms with Crippen LogP contribution in [0.4, 0.5) is 0 Å². The summed E-state index contributed by atoms with van der Waals surface area (Å²) in [7, 11) is 6.98. The van der Waals surface area contributed by atoms with Crippen molar-refractivity contribution in [2.24, 2.45) is 0 Å². The Morgan fingerprint density at radius 1 is 0.579 bits per heavy atom. The van der Waals surface area contributed by atoms with E-state index >= 15 is 0 Å². The standard InChI is InChI=1S/C13H30NO4.HI/c1-15-10-5-6-14(7-11-16-2,8-12-17-3)9-13-18-4;/h5-13H2,1-4H3;1H/q+1;/p-1. The largest absolute Gasteiger partial charge is 1.00 e. The van der Waals surface area contributed by atoms with Crippen LogP contribution in [0.1, 0.15) is 6.42 Å². The van der Waals surface area contributed by atoms with Crippen molar-refractivity contribution in [3.8, 4) is 0 Å². The van der Waals surface area contributed by atoms with E-state index in [4.69, 9.17) is 18.9 Å². The summed E-state index contributed by atoms with van der Waals surface area (Å²) in [4.78, 5) is 0. The molecule has 5 nitrogen and oxygen atoms in total. The maximum atomic E-state index is 5.24. The van der Waals surface area contributed by atoms with Gasteiger partial charge in [-0.25, -0.2) is 0 Å². The van der Waals surface area contributed by atoms with Gasteiger partial charge < -0.3 is 47.4 Å². The number of quaternary nitrogens is 1. The molecule has 0 aromatic rings. The molecule has 0 aromatic carbocycles. The Morgan fingerprint density at radius 2 is 0.947 bits per heavy atom. The fraction of sp³-hybridized carbons (Fsp3) is 1.00. The summed E-state index contributed by atoms with van der Waals surface area (Å²) in [5.74, 6) is 0. The quantitative estimate of drug-likeness (QED) is 0.203. The second-order valence-electron chi connectivity index (χ2n) is 4.56. The van der Waals surface area contributed by atoms with E-state index in [1.54, 1.807) is 28.4 Å². The predicted octanol–water partition coefficient (Wildman–Crippen LogP) is -2.22. The molecule has 0 N–H and O–H groups in total. The third-order valence-electron chi connectivity index (χ3n) is 3.29. The van der Waals surface area contributed by atoms with Gasteiger partial charge in [-0.1, -0.05) is 0 Å². The lowest BCUT2D eigenvalue weighted by Gasteiger charge is -2.38. The molecule has 0 aromatic heterocycles. The minimum atomic E-state index is 0. The molecule has 0 amide bonds. The van der Waals surface area contributed by atoms with Gasteiger partial charge in [0.15, 0.2) is 0 Å². The molecule has 0 saturated heterocycles. The first-order valence-corrected chi connectivity index (χ1v) is 6.55. The highest BCUT2D eigenvalue weighted by atomic mass is 127. The Morgan fingerprint density at radius 3 is 1.26 bits per heavy atom. The van der Waals surface area contributed by atoms with Crippen molar-refractivity contribution in [3.63, 3.8) is 0 Å². The number of ether oxygens (including phenoxy) is 4. The molecule has 0 radical (unpaired) electrons. The summed E-state index contributed by atoms with van der Waals surface area (Å²) in [6.45, 7) is 7.14. The lowest BCUT2D eigenvalue weighted by Crippen LogP contribution is -3.00. The maximum absolute atomic E-state index is 5.24. The summed E-state index contributed by atoms with van der Waals surface area (Å²) in [5, 5.41) is 0. The number of hydrogen-bond acceptors (Lipinski definition) is 4. The molecule has 6 heteroatoms. The van der Waals surface area contributed by atoms with Gasteiger partial charge in [-0.2, -0.15) is 0 Å². The van der Waals surface area contributed by atoms with Gasteiger partial charge in [0.05, 0.1) is 33.0 Å². The molecule has 0 unspecified atom stereocenters. The number of methoxy groups -OCH3 is 4. The highest BCUT2D eigenvalue weighted by Crippen LogP contribution is 2.09. The van der Waals surface area contributed by atoms with Gasteiger partial charge in [0.25, 0.3) is 0 Å². The third-order valence-corrected chi connectivity index (χ3v) is 3.29. The van der Waals surface area contributed by atoms with Gasteiger partial charge in [0.1, 0.15) is 19.6 Å². The van der Waals surface area contributed by atoms with Crippen molar-refractivity contribution in [2.75, 3.05) is 81.0 Å². The number of rotatable bonds is 13. The molecule has 118 valence electrons. The highest BCUT2D eigenvalue weighted by molar-refractivity contribution is 4.47. The molecule has 0 spiro atoms. The highest BCUT2D eigenvalue weighted by Gasteiger charge is 2.26. The Balaban J connectivity index is 0. The van der Waals surface area contributed by atoms with E-state index in [0.717, 1.165) is 63.5 Å². The molecule has 0 heterocycles. The maximum Gasteiger partial charge on any atom is 0.103 e. The predicted molar refractivity (Wildman–Crippen MR) is 71.8 cm³/mol. The molecule has 0 rings (SSSR count). The first-order chi connectivity index (χ1) is 8.74. The fourth-order valence-electron chi connectivity index (χ4n) is 2.07. The number of hydrogen-bond donors (Lipinski definition) is 0. The normalized spacial score (nSPS) is 11.4. The van der Waals surface area contributed by atoms with Crippen LogP contribution in [0.2, 0.25) is 0 Å². The summed E-state index contributed by atoms with van der Waals surface area (Å²) in [6.07, 6.45) is 1.05. The molecule has 0 aliphatic heterocycles. The van der Waals surface area contributed by atoms with Gasteiger partial charge in [-0.05, 0) is 0 Å². The van der Waals surface area contributed by atoms with Crippen LogP contribution in [0.3, 0.4) is 0 Å². The van der Waals surface area contributed by atoms with Crippen LogP contribution in [0.5, 0.6) is 0 Å². The van der Waals surface area contributed by atoms with Crippen LogP contribution in [-0.2, 0) is 18.9 Å². The van der Waals surface area contributed by atoms with Crippen molar-refractivity contribution in [2.45, 2.75) is 6.42 Å². The monoisotopic (exact) mass is 391 g/mol. The molecular weight excluding hydrogens is 361 g/mol. The van der Waals surface area contributed by atoms with Crippen LogP contribution >= 0.6 is 0 Å². The summed E-state index contributed by atoms with van der Waals surface area (Å²) < 4.78 is 21.8. The molecule has 19 heavy (non-hydrogen) atoms. The lowest BCUT2D eigenvalue weighted by atomic mass is 10.2. The van der Waals surface area contributed by atoms with Gasteiger partial charge in [-0.3, -0.25) is 0 Å². The fourth-order valence-corrected chi connectivity index (χ4v) is 2.07. The minimum Gasteiger partial charge on any atom is -1.00 e. The third kappa shape index (κ3) is 10.9. The molecular formula is C13H30INO4. The van der Waals surface area contributed by atoms with E-state index in [9.17, 15) is 0 Å². The van der Waals surface area contributed by atoms with Crippen molar-refractivity contribution < 1.29 is 47.4 Å². The summed E-state index contributed by atoms with van der Waals surface area (Å²) in [5.41, 5.74) is 0. The van der Waals surface area contributed by atoms with Crippen molar-refractivity contribution in [1.29, 1.82) is 0 Å². The zero-order valence-electron chi connectivity index (χ0n) is 12.8.